The van der Waals surface area contributed by atoms with Crippen molar-refractivity contribution < 1.29 is 19.2 Å². The molecular formula is C17H14Cl2N2O5. The Morgan fingerprint density at radius 2 is 1.77 bits per heavy atom. The number of esters is 1. The molecule has 0 saturated heterocycles. The minimum absolute atomic E-state index is 0.113. The molecule has 0 aliphatic carbocycles. The molecule has 0 aliphatic heterocycles. The molecule has 2 aromatic rings. The van der Waals surface area contributed by atoms with Crippen LogP contribution in [0, 0.1) is 10.1 Å². The highest BCUT2D eigenvalue weighted by Crippen LogP contribution is 2.24. The number of nitrogens with zero attached hydrogens (tertiary/aromatic N) is 1. The van der Waals surface area contributed by atoms with E-state index in [2.05, 4.69) is 5.32 Å². The molecule has 0 aliphatic rings. The van der Waals surface area contributed by atoms with Gasteiger partial charge in [-0.2, -0.15) is 0 Å². The van der Waals surface area contributed by atoms with Crippen molar-refractivity contribution in [3.05, 3.63) is 73.8 Å². The molecule has 0 bridgehead atoms. The van der Waals surface area contributed by atoms with Gasteiger partial charge in [0, 0.05) is 22.7 Å². The number of hydrogen-bond acceptors (Lipinski definition) is 5. The van der Waals surface area contributed by atoms with E-state index in [1.165, 1.54) is 19.1 Å². The molecule has 9 heteroatoms. The monoisotopic (exact) mass is 396 g/mol. The van der Waals surface area contributed by atoms with Gasteiger partial charge in [0.25, 0.3) is 11.6 Å². The van der Waals surface area contributed by atoms with Crippen LogP contribution in [0.25, 0.3) is 0 Å². The molecule has 136 valence electrons. The third kappa shape index (κ3) is 5.18. The SMILES string of the molecule is CC(OC(=O)c1ccc(Cl)cc1[N+](=O)[O-])C(=O)NCc1ccc(Cl)cc1. The molecule has 0 heterocycles. The van der Waals surface area contributed by atoms with Gasteiger partial charge in [-0.05, 0) is 36.8 Å². The average molecular weight is 397 g/mol. The first-order valence-corrected chi connectivity index (χ1v) is 8.20. The topological polar surface area (TPSA) is 98.5 Å². The van der Waals surface area contributed by atoms with Crippen LogP contribution in [0.1, 0.15) is 22.8 Å². The summed E-state index contributed by atoms with van der Waals surface area (Å²) in [6, 6.07) is 10.4. The number of rotatable bonds is 6. The molecule has 0 spiro atoms. The third-order valence-corrected chi connectivity index (χ3v) is 3.90. The number of amides is 1. The summed E-state index contributed by atoms with van der Waals surface area (Å²) < 4.78 is 5.02. The summed E-state index contributed by atoms with van der Waals surface area (Å²) in [5.74, 6) is -1.52. The highest BCUT2D eigenvalue weighted by molar-refractivity contribution is 6.31. The van der Waals surface area contributed by atoms with E-state index in [-0.39, 0.29) is 17.1 Å². The van der Waals surface area contributed by atoms with Gasteiger partial charge in [-0.25, -0.2) is 4.79 Å². The first kappa shape index (κ1) is 19.7. The van der Waals surface area contributed by atoms with E-state index in [1.54, 1.807) is 24.3 Å². The maximum atomic E-state index is 12.1. The van der Waals surface area contributed by atoms with Crippen LogP contribution in [0.5, 0.6) is 0 Å². The van der Waals surface area contributed by atoms with Crippen LogP contribution in [0.4, 0.5) is 5.69 Å². The van der Waals surface area contributed by atoms with Gasteiger partial charge in [0.2, 0.25) is 0 Å². The van der Waals surface area contributed by atoms with Crippen molar-refractivity contribution in [2.24, 2.45) is 0 Å². The fraction of sp³-hybridized carbons (Fsp3) is 0.176. The van der Waals surface area contributed by atoms with Crippen molar-refractivity contribution in [1.82, 2.24) is 5.32 Å². The maximum Gasteiger partial charge on any atom is 0.345 e. The normalized spacial score (nSPS) is 11.5. The molecule has 1 amide bonds. The highest BCUT2D eigenvalue weighted by Gasteiger charge is 2.25. The Kier molecular flexibility index (Phi) is 6.54. The lowest BCUT2D eigenvalue weighted by atomic mass is 10.2. The van der Waals surface area contributed by atoms with Gasteiger partial charge < -0.3 is 10.1 Å². The van der Waals surface area contributed by atoms with Crippen molar-refractivity contribution in [2.45, 2.75) is 19.6 Å². The minimum Gasteiger partial charge on any atom is -0.449 e. The Labute approximate surface area is 159 Å². The van der Waals surface area contributed by atoms with Gasteiger partial charge in [-0.15, -0.1) is 0 Å². The lowest BCUT2D eigenvalue weighted by Crippen LogP contribution is -2.35. The molecule has 2 rings (SSSR count). The van der Waals surface area contributed by atoms with Crippen LogP contribution in [-0.2, 0) is 16.1 Å². The van der Waals surface area contributed by atoms with E-state index in [0.29, 0.717) is 5.02 Å². The number of nitrogens with one attached hydrogen (secondary N) is 1. The van der Waals surface area contributed by atoms with Crippen LogP contribution >= 0.6 is 23.2 Å². The summed E-state index contributed by atoms with van der Waals surface area (Å²) in [5, 5.41) is 14.3. The van der Waals surface area contributed by atoms with Gasteiger partial charge >= 0.3 is 5.97 Å². The van der Waals surface area contributed by atoms with Crippen molar-refractivity contribution in [2.75, 3.05) is 0 Å². The number of benzene rings is 2. The van der Waals surface area contributed by atoms with E-state index >= 15 is 0 Å². The lowest BCUT2D eigenvalue weighted by molar-refractivity contribution is -0.385. The number of nitro groups is 1. The van der Waals surface area contributed by atoms with E-state index in [4.69, 9.17) is 27.9 Å². The zero-order valence-corrected chi connectivity index (χ0v) is 15.1. The molecule has 26 heavy (non-hydrogen) atoms. The van der Waals surface area contributed by atoms with E-state index < -0.39 is 28.6 Å². The standard InChI is InChI=1S/C17H14Cl2N2O5/c1-10(16(22)20-9-11-2-4-12(18)5-3-11)26-17(23)14-7-6-13(19)8-15(14)21(24)25/h2-8,10H,9H2,1H3,(H,20,22). The molecule has 2 aromatic carbocycles. The number of hydrogen-bond donors (Lipinski definition) is 1. The van der Waals surface area contributed by atoms with Gasteiger partial charge in [-0.1, -0.05) is 35.3 Å². The van der Waals surface area contributed by atoms with Gasteiger partial charge in [0.05, 0.1) is 4.92 Å². The summed E-state index contributed by atoms with van der Waals surface area (Å²) in [6.45, 7) is 1.59. The number of nitro benzene ring substituents is 1. The second-order valence-electron chi connectivity index (χ2n) is 5.31. The molecule has 1 N–H and O–H groups in total. The Bertz CT molecular complexity index is 840. The Morgan fingerprint density at radius 3 is 2.38 bits per heavy atom. The Hall–Kier alpha value is -2.64. The first-order valence-electron chi connectivity index (χ1n) is 7.45. The maximum absolute atomic E-state index is 12.1. The fourth-order valence-electron chi connectivity index (χ4n) is 2.04. The molecule has 7 nitrogen and oxygen atoms in total. The Balaban J connectivity index is 1.99. The minimum atomic E-state index is -1.13. The van der Waals surface area contributed by atoms with Crippen molar-refractivity contribution >= 4 is 40.8 Å². The summed E-state index contributed by atoms with van der Waals surface area (Å²) in [4.78, 5) is 34.5. The second-order valence-corrected chi connectivity index (χ2v) is 6.18. The quantitative estimate of drug-likeness (QED) is 0.455. The molecule has 1 atom stereocenters. The number of ether oxygens (including phenoxy) is 1. The van der Waals surface area contributed by atoms with E-state index in [9.17, 15) is 19.7 Å². The molecule has 0 aromatic heterocycles. The van der Waals surface area contributed by atoms with Crippen molar-refractivity contribution in [3.8, 4) is 0 Å². The van der Waals surface area contributed by atoms with E-state index in [0.717, 1.165) is 11.6 Å². The predicted molar refractivity (Wildman–Crippen MR) is 96.3 cm³/mol. The number of carbonyl (C=O) groups is 2. The van der Waals surface area contributed by atoms with Crippen molar-refractivity contribution in [1.29, 1.82) is 0 Å². The highest BCUT2D eigenvalue weighted by atomic mass is 35.5. The number of carbonyl (C=O) groups excluding carboxylic acids is 2. The zero-order valence-electron chi connectivity index (χ0n) is 13.6. The van der Waals surface area contributed by atoms with Gasteiger partial charge in [-0.3, -0.25) is 14.9 Å². The average Bonchev–Trinajstić information content (AvgIpc) is 2.60. The van der Waals surface area contributed by atoms with Gasteiger partial charge in [0.15, 0.2) is 6.10 Å². The smallest absolute Gasteiger partial charge is 0.345 e. The van der Waals surface area contributed by atoms with E-state index in [1.807, 2.05) is 0 Å². The fourth-order valence-corrected chi connectivity index (χ4v) is 2.33. The van der Waals surface area contributed by atoms with Crippen LogP contribution in [0.15, 0.2) is 42.5 Å². The van der Waals surface area contributed by atoms with Crippen LogP contribution in [-0.4, -0.2) is 22.9 Å². The van der Waals surface area contributed by atoms with Gasteiger partial charge in [0.1, 0.15) is 5.56 Å². The third-order valence-electron chi connectivity index (χ3n) is 3.41. The summed E-state index contributed by atoms with van der Waals surface area (Å²) in [6.07, 6.45) is -1.13. The molecular weight excluding hydrogens is 383 g/mol. The number of halogens is 2. The first-order chi connectivity index (χ1) is 12.3. The second kappa shape index (κ2) is 8.64. The Morgan fingerprint density at radius 1 is 1.15 bits per heavy atom. The summed E-state index contributed by atoms with van der Waals surface area (Å²) in [5.41, 5.74) is 0.0441. The summed E-state index contributed by atoms with van der Waals surface area (Å²) >= 11 is 11.5. The lowest BCUT2D eigenvalue weighted by Gasteiger charge is -2.13. The predicted octanol–water partition coefficient (Wildman–Crippen LogP) is 3.76. The molecule has 0 radical (unpaired) electrons. The zero-order chi connectivity index (χ0) is 19.3. The molecule has 0 saturated carbocycles. The largest absolute Gasteiger partial charge is 0.449 e. The van der Waals surface area contributed by atoms with Crippen LogP contribution in [0.2, 0.25) is 10.0 Å². The van der Waals surface area contributed by atoms with Crippen LogP contribution in [0.3, 0.4) is 0 Å². The van der Waals surface area contributed by atoms with Crippen molar-refractivity contribution in [3.63, 3.8) is 0 Å². The summed E-state index contributed by atoms with van der Waals surface area (Å²) in [7, 11) is 0. The molecule has 1 unspecified atom stereocenters. The molecule has 0 fully saturated rings. The van der Waals surface area contributed by atoms with Crippen LogP contribution < -0.4 is 5.32 Å².